The van der Waals surface area contributed by atoms with Crippen LogP contribution < -0.4 is 0 Å². The highest BCUT2D eigenvalue weighted by molar-refractivity contribution is 7.93. The predicted molar refractivity (Wildman–Crippen MR) is 72.7 cm³/mol. The molecule has 2 rings (SSSR count). The van der Waals surface area contributed by atoms with E-state index in [0.29, 0.717) is 11.3 Å². The molecular formula is C12H12FNO4S2. The van der Waals surface area contributed by atoms with Crippen molar-refractivity contribution in [3.05, 3.63) is 35.5 Å². The molecule has 0 saturated heterocycles. The highest BCUT2D eigenvalue weighted by Gasteiger charge is 2.23. The van der Waals surface area contributed by atoms with Crippen molar-refractivity contribution in [3.63, 3.8) is 0 Å². The fourth-order valence-corrected chi connectivity index (χ4v) is 4.01. The summed E-state index contributed by atoms with van der Waals surface area (Å²) >= 11 is 0.922. The van der Waals surface area contributed by atoms with Crippen molar-refractivity contribution in [1.82, 2.24) is 4.98 Å². The van der Waals surface area contributed by atoms with Gasteiger partial charge in [-0.05, 0) is 24.3 Å². The van der Waals surface area contributed by atoms with Gasteiger partial charge in [0.25, 0.3) is 0 Å². The van der Waals surface area contributed by atoms with Gasteiger partial charge < -0.3 is 10.2 Å². The van der Waals surface area contributed by atoms with Crippen molar-refractivity contribution < 1.29 is 23.0 Å². The molecule has 0 saturated carbocycles. The van der Waals surface area contributed by atoms with Gasteiger partial charge in [0.05, 0.1) is 24.2 Å². The van der Waals surface area contributed by atoms with Crippen LogP contribution in [0.4, 0.5) is 4.39 Å². The summed E-state index contributed by atoms with van der Waals surface area (Å²) in [6.45, 7) is -0.630. The molecule has 8 heteroatoms. The second kappa shape index (κ2) is 5.96. The molecule has 0 aliphatic heterocycles. The van der Waals surface area contributed by atoms with Gasteiger partial charge in [-0.2, -0.15) is 0 Å². The van der Waals surface area contributed by atoms with Gasteiger partial charge in [0, 0.05) is 10.9 Å². The van der Waals surface area contributed by atoms with Crippen molar-refractivity contribution in [2.75, 3.05) is 12.4 Å². The molecule has 2 N–H and O–H groups in total. The van der Waals surface area contributed by atoms with E-state index >= 15 is 0 Å². The van der Waals surface area contributed by atoms with Crippen molar-refractivity contribution >= 4 is 21.2 Å². The zero-order chi connectivity index (χ0) is 14.8. The number of hydrogen-bond donors (Lipinski definition) is 2. The lowest BCUT2D eigenvalue weighted by Crippen LogP contribution is -2.24. The summed E-state index contributed by atoms with van der Waals surface area (Å²) < 4.78 is 36.5. The average Bonchev–Trinajstić information content (AvgIpc) is 2.89. The van der Waals surface area contributed by atoms with Crippen LogP contribution in [0.2, 0.25) is 0 Å². The van der Waals surface area contributed by atoms with Gasteiger partial charge in [-0.15, -0.1) is 11.3 Å². The second-order valence-corrected chi connectivity index (χ2v) is 7.19. The van der Waals surface area contributed by atoms with Gasteiger partial charge in [0.1, 0.15) is 5.82 Å². The molecule has 20 heavy (non-hydrogen) atoms. The van der Waals surface area contributed by atoms with Gasteiger partial charge in [-0.1, -0.05) is 0 Å². The van der Waals surface area contributed by atoms with E-state index in [9.17, 15) is 17.9 Å². The van der Waals surface area contributed by atoms with Gasteiger partial charge >= 0.3 is 0 Å². The first kappa shape index (κ1) is 15.0. The number of thiazole rings is 1. The van der Waals surface area contributed by atoms with Crippen LogP contribution in [0.15, 0.2) is 34.0 Å². The van der Waals surface area contributed by atoms with E-state index in [-0.39, 0.29) is 10.2 Å². The van der Waals surface area contributed by atoms with Crippen LogP contribution in [0.1, 0.15) is 0 Å². The molecule has 0 radical (unpaired) electrons. The number of benzene rings is 1. The molecule has 1 heterocycles. The van der Waals surface area contributed by atoms with Crippen LogP contribution in [0, 0.1) is 5.82 Å². The van der Waals surface area contributed by atoms with Gasteiger partial charge in [0.2, 0.25) is 14.2 Å². The SMILES string of the molecule is O=S(=O)(C[C@@H](O)CO)c1nc(-c2ccc(F)cc2)cs1. The number of nitrogens with zero attached hydrogens (tertiary/aromatic N) is 1. The number of rotatable bonds is 5. The monoisotopic (exact) mass is 317 g/mol. The Morgan fingerprint density at radius 2 is 1.95 bits per heavy atom. The number of aromatic nitrogens is 1. The van der Waals surface area contributed by atoms with Crippen LogP contribution in [0.5, 0.6) is 0 Å². The Hall–Kier alpha value is -1.35. The molecule has 1 atom stereocenters. The van der Waals surface area contributed by atoms with Crippen molar-refractivity contribution in [1.29, 1.82) is 0 Å². The quantitative estimate of drug-likeness (QED) is 0.861. The third-order valence-corrected chi connectivity index (χ3v) is 5.64. The minimum atomic E-state index is -3.74. The highest BCUT2D eigenvalue weighted by atomic mass is 32.2. The standard InChI is InChI=1S/C12H12FNO4S2/c13-9-3-1-8(2-4-9)11-6-19-12(14-11)20(17,18)7-10(16)5-15/h1-4,6,10,15-16H,5,7H2/t10-/m0/s1. The van der Waals surface area contributed by atoms with Crippen LogP contribution >= 0.6 is 11.3 Å². The lowest BCUT2D eigenvalue weighted by atomic mass is 10.2. The van der Waals surface area contributed by atoms with Gasteiger partial charge in [0.15, 0.2) is 0 Å². The van der Waals surface area contributed by atoms with Crippen LogP contribution in [0.25, 0.3) is 11.3 Å². The van der Waals surface area contributed by atoms with E-state index in [1.54, 1.807) is 5.38 Å². The Labute approximate surface area is 119 Å². The van der Waals surface area contributed by atoms with Crippen molar-refractivity contribution in [2.24, 2.45) is 0 Å². The molecule has 0 aliphatic carbocycles. The maximum Gasteiger partial charge on any atom is 0.209 e. The van der Waals surface area contributed by atoms with Crippen LogP contribution in [0.3, 0.4) is 0 Å². The van der Waals surface area contributed by atoms with E-state index in [1.165, 1.54) is 24.3 Å². The molecule has 1 aromatic carbocycles. The summed E-state index contributed by atoms with van der Waals surface area (Å²) in [4.78, 5) is 3.98. The fourth-order valence-electron chi connectivity index (χ4n) is 1.53. The largest absolute Gasteiger partial charge is 0.394 e. The maximum atomic E-state index is 12.8. The lowest BCUT2D eigenvalue weighted by molar-refractivity contribution is 0.112. The molecule has 0 bridgehead atoms. The third kappa shape index (κ3) is 3.40. The maximum absolute atomic E-state index is 12.8. The van der Waals surface area contributed by atoms with E-state index in [1.807, 2.05) is 0 Å². The Bertz CT molecular complexity index is 682. The third-order valence-electron chi connectivity index (χ3n) is 2.51. The number of aliphatic hydroxyl groups excluding tert-OH is 2. The normalized spacial score (nSPS) is 13.3. The molecule has 2 aromatic rings. The minimum absolute atomic E-state index is 0.135. The zero-order valence-electron chi connectivity index (χ0n) is 10.2. The minimum Gasteiger partial charge on any atom is -0.394 e. The number of sulfone groups is 1. The first-order chi connectivity index (χ1) is 9.42. The Morgan fingerprint density at radius 1 is 1.30 bits per heavy atom. The summed E-state index contributed by atoms with van der Waals surface area (Å²) in [5.41, 5.74) is 1.03. The molecular weight excluding hydrogens is 305 g/mol. The molecule has 1 aromatic heterocycles. The molecule has 108 valence electrons. The lowest BCUT2D eigenvalue weighted by Gasteiger charge is -2.05. The smallest absolute Gasteiger partial charge is 0.209 e. The second-order valence-electron chi connectivity index (χ2n) is 4.12. The first-order valence-electron chi connectivity index (χ1n) is 5.65. The molecule has 0 unspecified atom stereocenters. The summed E-state index contributed by atoms with van der Waals surface area (Å²) in [5, 5.41) is 19.4. The number of aliphatic hydroxyl groups is 2. The number of hydrogen-bond acceptors (Lipinski definition) is 6. The molecule has 5 nitrogen and oxygen atoms in total. The van der Waals surface area contributed by atoms with Gasteiger partial charge in [-0.3, -0.25) is 0 Å². The number of halogens is 1. The van der Waals surface area contributed by atoms with E-state index in [2.05, 4.69) is 4.98 Å². The topological polar surface area (TPSA) is 87.5 Å². The zero-order valence-corrected chi connectivity index (χ0v) is 11.9. The highest BCUT2D eigenvalue weighted by Crippen LogP contribution is 2.25. The van der Waals surface area contributed by atoms with Gasteiger partial charge in [-0.25, -0.2) is 17.8 Å². The van der Waals surface area contributed by atoms with Crippen LogP contribution in [-0.4, -0.2) is 42.1 Å². The van der Waals surface area contributed by atoms with Crippen LogP contribution in [-0.2, 0) is 9.84 Å². The van der Waals surface area contributed by atoms with E-state index < -0.39 is 28.3 Å². The summed E-state index contributed by atoms with van der Waals surface area (Å²) in [7, 11) is -3.74. The van der Waals surface area contributed by atoms with E-state index in [4.69, 9.17) is 5.11 Å². The molecule has 0 aliphatic rings. The molecule has 0 fully saturated rings. The molecule has 0 amide bonds. The summed E-state index contributed by atoms with van der Waals surface area (Å²) in [6, 6.07) is 5.53. The first-order valence-corrected chi connectivity index (χ1v) is 8.19. The fraction of sp³-hybridized carbons (Fsp3) is 0.250. The summed E-state index contributed by atoms with van der Waals surface area (Å²) in [5.74, 6) is -0.970. The van der Waals surface area contributed by atoms with E-state index in [0.717, 1.165) is 11.3 Å². The molecule has 0 spiro atoms. The average molecular weight is 317 g/mol. The Morgan fingerprint density at radius 3 is 2.55 bits per heavy atom. The predicted octanol–water partition coefficient (Wildman–Crippen LogP) is 1.08. The van der Waals surface area contributed by atoms with Crippen molar-refractivity contribution in [2.45, 2.75) is 10.4 Å². The Kier molecular flexibility index (Phi) is 4.48. The Balaban J connectivity index is 2.27. The summed E-state index contributed by atoms with van der Waals surface area (Å²) in [6.07, 6.45) is -1.34. The van der Waals surface area contributed by atoms with Crippen molar-refractivity contribution in [3.8, 4) is 11.3 Å².